The van der Waals surface area contributed by atoms with E-state index in [0.29, 0.717) is 6.54 Å². The number of aromatic amines is 1. The molecule has 2 rings (SSSR count). The first kappa shape index (κ1) is 15.8. The predicted octanol–water partition coefficient (Wildman–Crippen LogP) is 0.115. The number of rotatable bonds is 7. The lowest BCUT2D eigenvalue weighted by Gasteiger charge is -2.34. The van der Waals surface area contributed by atoms with Crippen molar-refractivity contribution in [3.05, 3.63) is 22.5 Å². The summed E-state index contributed by atoms with van der Waals surface area (Å²) in [6.45, 7) is 9.06. The minimum atomic E-state index is -0.608. The number of piperazine rings is 1. The molecular weight excluding hydrogens is 272 g/mol. The van der Waals surface area contributed by atoms with Crippen LogP contribution in [0.25, 0.3) is 0 Å². The fourth-order valence-electron chi connectivity index (χ4n) is 2.43. The smallest absolute Gasteiger partial charge is 0.403 e. The number of carbonyl (C=O) groups excluding carboxylic acids is 1. The van der Waals surface area contributed by atoms with Gasteiger partial charge in [-0.05, 0) is 13.0 Å². The molecule has 0 unspecified atom stereocenters. The molecule has 7 nitrogen and oxygen atoms in total. The van der Waals surface area contributed by atoms with Crippen LogP contribution in [0, 0.1) is 0 Å². The molecular formula is C14H24N4O3. The molecule has 1 aliphatic rings. The number of hydrogen-bond acceptors (Lipinski definition) is 5. The quantitative estimate of drug-likeness (QED) is 0.746. The van der Waals surface area contributed by atoms with Crippen LogP contribution in [-0.4, -0.2) is 66.5 Å². The van der Waals surface area contributed by atoms with Crippen molar-refractivity contribution < 1.29 is 9.21 Å². The highest BCUT2D eigenvalue weighted by Crippen LogP contribution is 2.03. The molecule has 21 heavy (non-hydrogen) atoms. The highest BCUT2D eigenvalue weighted by atomic mass is 16.4. The van der Waals surface area contributed by atoms with E-state index < -0.39 is 5.76 Å². The van der Waals surface area contributed by atoms with Gasteiger partial charge in [-0.3, -0.25) is 14.7 Å². The summed E-state index contributed by atoms with van der Waals surface area (Å²) in [7, 11) is 0. The second-order valence-corrected chi connectivity index (χ2v) is 5.34. The molecule has 1 saturated heterocycles. The van der Waals surface area contributed by atoms with E-state index in [9.17, 15) is 9.59 Å². The summed E-state index contributed by atoms with van der Waals surface area (Å²) in [5.74, 6) is -0.928. The number of H-pyrrole nitrogens is 1. The second kappa shape index (κ2) is 7.99. The summed E-state index contributed by atoms with van der Waals surface area (Å²) in [5.41, 5.74) is 0. The first-order valence-corrected chi connectivity index (χ1v) is 7.60. The van der Waals surface area contributed by atoms with Gasteiger partial charge in [0.25, 0.3) is 5.91 Å². The Bertz CT molecular complexity index is 488. The number of carbonyl (C=O) groups is 1. The van der Waals surface area contributed by atoms with Crippen molar-refractivity contribution in [2.45, 2.75) is 19.8 Å². The van der Waals surface area contributed by atoms with Gasteiger partial charge in [-0.2, -0.15) is 0 Å². The Kier molecular flexibility index (Phi) is 6.01. The van der Waals surface area contributed by atoms with Crippen LogP contribution in [0.4, 0.5) is 0 Å². The van der Waals surface area contributed by atoms with Crippen LogP contribution in [0.15, 0.2) is 15.4 Å². The molecule has 0 aliphatic carbocycles. The highest BCUT2D eigenvalue weighted by molar-refractivity contribution is 5.90. The number of aromatic nitrogens is 1. The molecule has 118 valence electrons. The molecule has 2 heterocycles. The van der Waals surface area contributed by atoms with Crippen molar-refractivity contribution >= 4 is 5.91 Å². The van der Waals surface area contributed by atoms with E-state index in [4.69, 9.17) is 4.42 Å². The maximum Gasteiger partial charge on any atom is 0.416 e. The molecule has 0 saturated carbocycles. The van der Waals surface area contributed by atoms with E-state index in [1.54, 1.807) is 0 Å². The van der Waals surface area contributed by atoms with Gasteiger partial charge in [-0.25, -0.2) is 4.79 Å². The van der Waals surface area contributed by atoms with E-state index in [1.807, 2.05) is 0 Å². The summed E-state index contributed by atoms with van der Waals surface area (Å²) in [4.78, 5) is 29.6. The van der Waals surface area contributed by atoms with Crippen LogP contribution < -0.4 is 11.1 Å². The summed E-state index contributed by atoms with van der Waals surface area (Å²) in [6.07, 6.45) is 3.78. The number of unbranched alkanes of at least 4 members (excludes halogenated alkanes) is 1. The zero-order valence-corrected chi connectivity index (χ0v) is 12.6. The van der Waals surface area contributed by atoms with E-state index >= 15 is 0 Å². The van der Waals surface area contributed by atoms with Crippen molar-refractivity contribution in [3.63, 3.8) is 0 Å². The summed E-state index contributed by atoms with van der Waals surface area (Å²) in [6, 6.07) is 0. The van der Waals surface area contributed by atoms with Crippen molar-refractivity contribution in [2.75, 3.05) is 45.8 Å². The van der Waals surface area contributed by atoms with Gasteiger partial charge in [0.1, 0.15) is 0 Å². The standard InChI is InChI=1S/C14H24N4O3/c1-2-3-5-17-7-9-18(10-8-17)6-4-15-13(19)12-11-16-14(20)21-12/h11H,2-10H2,1H3,(H,15,19)(H,16,20). The molecule has 7 heteroatoms. The van der Waals surface area contributed by atoms with Crippen LogP contribution in [0.2, 0.25) is 0 Å². The fourth-order valence-corrected chi connectivity index (χ4v) is 2.43. The van der Waals surface area contributed by atoms with Crippen molar-refractivity contribution in [2.24, 2.45) is 0 Å². The average Bonchev–Trinajstić information content (AvgIpc) is 2.93. The van der Waals surface area contributed by atoms with Gasteiger partial charge in [0.05, 0.1) is 6.20 Å². The number of oxazole rings is 1. The number of nitrogens with one attached hydrogen (secondary N) is 2. The molecule has 0 radical (unpaired) electrons. The summed E-state index contributed by atoms with van der Waals surface area (Å²) < 4.78 is 4.70. The number of nitrogens with zero attached hydrogens (tertiary/aromatic N) is 2. The fraction of sp³-hybridized carbons (Fsp3) is 0.714. The summed E-state index contributed by atoms with van der Waals surface area (Å²) >= 11 is 0. The molecule has 1 aromatic heterocycles. The normalized spacial score (nSPS) is 17.0. The van der Waals surface area contributed by atoms with Crippen molar-refractivity contribution in [3.8, 4) is 0 Å². The largest absolute Gasteiger partial charge is 0.416 e. The highest BCUT2D eigenvalue weighted by Gasteiger charge is 2.16. The summed E-state index contributed by atoms with van der Waals surface area (Å²) in [5, 5.41) is 2.76. The number of hydrogen-bond donors (Lipinski definition) is 2. The average molecular weight is 296 g/mol. The van der Waals surface area contributed by atoms with Crippen LogP contribution in [0.3, 0.4) is 0 Å². The maximum atomic E-state index is 11.7. The molecule has 0 aromatic carbocycles. The van der Waals surface area contributed by atoms with Crippen molar-refractivity contribution in [1.82, 2.24) is 20.1 Å². The van der Waals surface area contributed by atoms with Gasteiger partial charge in [0, 0.05) is 39.3 Å². The Labute approximate surface area is 124 Å². The topological polar surface area (TPSA) is 81.6 Å². The minimum absolute atomic E-state index is 0.0318. The van der Waals surface area contributed by atoms with E-state index in [0.717, 1.165) is 32.7 Å². The third-order valence-electron chi connectivity index (χ3n) is 3.75. The van der Waals surface area contributed by atoms with Crippen LogP contribution in [0.5, 0.6) is 0 Å². The van der Waals surface area contributed by atoms with Gasteiger partial charge in [-0.1, -0.05) is 13.3 Å². The molecule has 1 aliphatic heterocycles. The Morgan fingerprint density at radius 1 is 1.29 bits per heavy atom. The molecule has 0 bridgehead atoms. The number of amides is 1. The van der Waals surface area contributed by atoms with Gasteiger partial charge in [0.2, 0.25) is 5.76 Å². The third-order valence-corrected chi connectivity index (χ3v) is 3.75. The Balaban J connectivity index is 1.61. The van der Waals surface area contributed by atoms with Gasteiger partial charge in [0.15, 0.2) is 0 Å². The third kappa shape index (κ3) is 5.02. The second-order valence-electron chi connectivity index (χ2n) is 5.34. The predicted molar refractivity (Wildman–Crippen MR) is 79.4 cm³/mol. The van der Waals surface area contributed by atoms with Gasteiger partial charge >= 0.3 is 5.76 Å². The molecule has 0 spiro atoms. The lowest BCUT2D eigenvalue weighted by atomic mass is 10.2. The van der Waals surface area contributed by atoms with Gasteiger partial charge in [-0.15, -0.1) is 0 Å². The van der Waals surface area contributed by atoms with E-state index in [-0.39, 0.29) is 11.7 Å². The van der Waals surface area contributed by atoms with Crippen LogP contribution in [-0.2, 0) is 0 Å². The Morgan fingerprint density at radius 3 is 2.52 bits per heavy atom. The molecule has 1 fully saturated rings. The zero-order valence-electron chi connectivity index (χ0n) is 12.6. The monoisotopic (exact) mass is 296 g/mol. The SMILES string of the molecule is CCCCN1CCN(CCNC(=O)c2c[nH]c(=O)o2)CC1. The van der Waals surface area contributed by atoms with E-state index in [2.05, 4.69) is 27.0 Å². The van der Waals surface area contributed by atoms with E-state index in [1.165, 1.54) is 25.6 Å². The van der Waals surface area contributed by atoms with Gasteiger partial charge < -0.3 is 14.6 Å². The maximum absolute atomic E-state index is 11.7. The van der Waals surface area contributed by atoms with Crippen LogP contribution in [0.1, 0.15) is 30.3 Å². The first-order chi connectivity index (χ1) is 10.2. The minimum Gasteiger partial charge on any atom is -0.403 e. The molecule has 1 aromatic rings. The lowest BCUT2D eigenvalue weighted by Crippen LogP contribution is -2.48. The van der Waals surface area contributed by atoms with Crippen LogP contribution >= 0.6 is 0 Å². The first-order valence-electron chi connectivity index (χ1n) is 7.60. The van der Waals surface area contributed by atoms with Crippen molar-refractivity contribution in [1.29, 1.82) is 0 Å². The zero-order chi connectivity index (χ0) is 15.1. The molecule has 1 amide bonds. The lowest BCUT2D eigenvalue weighted by molar-refractivity contribution is 0.0907. The molecule has 2 N–H and O–H groups in total. The Hall–Kier alpha value is -1.60. The molecule has 0 atom stereocenters. The Morgan fingerprint density at radius 2 is 1.95 bits per heavy atom.